The summed E-state index contributed by atoms with van der Waals surface area (Å²) in [5.74, 6) is -1.28. The van der Waals surface area contributed by atoms with Gasteiger partial charge in [-0.1, -0.05) is 11.6 Å². The van der Waals surface area contributed by atoms with Crippen molar-refractivity contribution in [3.8, 4) is 5.82 Å². The molecule has 2 aromatic rings. The fourth-order valence-electron chi connectivity index (χ4n) is 1.25. The Bertz CT molecular complexity index is 595. The first kappa shape index (κ1) is 11.3. The molecule has 3 N–H and O–H groups in total. The van der Waals surface area contributed by atoms with Crippen LogP contribution in [0.5, 0.6) is 0 Å². The van der Waals surface area contributed by atoms with Crippen molar-refractivity contribution in [1.29, 1.82) is 0 Å². The van der Waals surface area contributed by atoms with Crippen molar-refractivity contribution in [1.82, 2.24) is 19.7 Å². The van der Waals surface area contributed by atoms with Crippen molar-refractivity contribution in [2.24, 2.45) is 0 Å². The summed E-state index contributed by atoms with van der Waals surface area (Å²) in [6.07, 6.45) is 1.63. The smallest absolute Gasteiger partial charge is 0.358 e. The lowest BCUT2D eigenvalue weighted by Crippen LogP contribution is -2.11. The van der Waals surface area contributed by atoms with Gasteiger partial charge in [-0.15, -0.1) is 0 Å². The van der Waals surface area contributed by atoms with Crippen molar-refractivity contribution in [2.45, 2.75) is 6.92 Å². The second-order valence-corrected chi connectivity index (χ2v) is 3.64. The lowest BCUT2D eigenvalue weighted by Gasteiger charge is -2.05. The lowest BCUT2D eigenvalue weighted by atomic mass is 10.4. The van der Waals surface area contributed by atoms with Crippen LogP contribution >= 0.6 is 11.6 Å². The molecule has 8 heteroatoms. The highest BCUT2D eigenvalue weighted by Gasteiger charge is 2.17. The van der Waals surface area contributed by atoms with E-state index in [1.165, 1.54) is 4.68 Å². The van der Waals surface area contributed by atoms with E-state index in [1.54, 1.807) is 19.2 Å². The number of carboxylic acids is 1. The van der Waals surface area contributed by atoms with E-state index in [-0.39, 0.29) is 22.5 Å². The molecule has 0 radical (unpaired) electrons. The Morgan fingerprint density at radius 2 is 2.24 bits per heavy atom. The van der Waals surface area contributed by atoms with Gasteiger partial charge in [0.05, 0.1) is 5.69 Å². The van der Waals surface area contributed by atoms with Gasteiger partial charge in [-0.05, 0) is 13.0 Å². The van der Waals surface area contributed by atoms with Crippen molar-refractivity contribution in [2.75, 3.05) is 5.73 Å². The second-order valence-electron chi connectivity index (χ2n) is 3.28. The molecule has 0 fully saturated rings. The molecule has 17 heavy (non-hydrogen) atoms. The molecule has 2 rings (SSSR count). The monoisotopic (exact) mass is 253 g/mol. The third-order valence-corrected chi connectivity index (χ3v) is 2.26. The van der Waals surface area contributed by atoms with Gasteiger partial charge in [-0.3, -0.25) is 0 Å². The molecule has 2 aromatic heterocycles. The van der Waals surface area contributed by atoms with E-state index in [0.717, 1.165) is 5.69 Å². The maximum atomic E-state index is 10.8. The number of rotatable bonds is 2. The Labute approximate surface area is 101 Å². The predicted molar refractivity (Wildman–Crippen MR) is 60.3 cm³/mol. The Hall–Kier alpha value is -2.15. The molecule has 7 nitrogen and oxygen atoms in total. The van der Waals surface area contributed by atoms with Crippen LogP contribution < -0.4 is 5.73 Å². The van der Waals surface area contributed by atoms with E-state index in [2.05, 4.69) is 15.1 Å². The summed E-state index contributed by atoms with van der Waals surface area (Å²) in [6, 6.07) is 1.75. The van der Waals surface area contributed by atoms with Crippen molar-refractivity contribution in [3.63, 3.8) is 0 Å². The number of halogens is 1. The number of carboxylic acid groups (broad SMARTS) is 1. The first-order chi connectivity index (χ1) is 7.99. The van der Waals surface area contributed by atoms with E-state index in [4.69, 9.17) is 22.4 Å². The van der Waals surface area contributed by atoms with Gasteiger partial charge in [0.2, 0.25) is 0 Å². The minimum atomic E-state index is -1.28. The number of aromatic carboxylic acids is 1. The summed E-state index contributed by atoms with van der Waals surface area (Å²) in [4.78, 5) is 18.3. The molecule has 0 bridgehead atoms. The van der Waals surface area contributed by atoms with E-state index in [1.807, 2.05) is 0 Å². The van der Waals surface area contributed by atoms with Gasteiger partial charge < -0.3 is 10.8 Å². The average molecular weight is 254 g/mol. The quantitative estimate of drug-likeness (QED) is 0.824. The minimum absolute atomic E-state index is 0.0697. The molecular formula is C9H8ClN5O2. The number of aryl methyl sites for hydroxylation is 1. The zero-order valence-electron chi connectivity index (χ0n) is 8.75. The van der Waals surface area contributed by atoms with Crippen molar-refractivity contribution >= 4 is 23.4 Å². The number of nitrogens with zero attached hydrogens (tertiary/aromatic N) is 4. The minimum Gasteiger partial charge on any atom is -0.476 e. The first-order valence-electron chi connectivity index (χ1n) is 4.58. The van der Waals surface area contributed by atoms with Crippen LogP contribution in [0.25, 0.3) is 5.82 Å². The highest BCUT2D eigenvalue weighted by Crippen LogP contribution is 2.19. The zero-order chi connectivity index (χ0) is 12.6. The molecule has 2 heterocycles. The topological polar surface area (TPSA) is 107 Å². The molecular weight excluding hydrogens is 246 g/mol. The summed E-state index contributed by atoms with van der Waals surface area (Å²) in [6.45, 7) is 1.80. The van der Waals surface area contributed by atoms with Crippen LogP contribution in [-0.4, -0.2) is 30.8 Å². The summed E-state index contributed by atoms with van der Waals surface area (Å²) in [5, 5.41) is 12.8. The van der Waals surface area contributed by atoms with Gasteiger partial charge in [0.1, 0.15) is 0 Å². The third-order valence-electron chi connectivity index (χ3n) is 2.01. The van der Waals surface area contributed by atoms with Crippen LogP contribution in [0.2, 0.25) is 5.15 Å². The molecule has 0 aromatic carbocycles. The molecule has 0 atom stereocenters. The molecule has 0 unspecified atom stereocenters. The van der Waals surface area contributed by atoms with Gasteiger partial charge in [0, 0.05) is 6.20 Å². The SMILES string of the molecule is Cc1ccn(-c2nc(N)c(C(=O)O)nc2Cl)n1. The molecule has 88 valence electrons. The maximum absolute atomic E-state index is 10.8. The van der Waals surface area contributed by atoms with Crippen LogP contribution in [0.15, 0.2) is 12.3 Å². The number of carbonyl (C=O) groups is 1. The molecule has 0 amide bonds. The summed E-state index contributed by atoms with van der Waals surface area (Å²) >= 11 is 5.84. The number of nitrogens with two attached hydrogens (primary N) is 1. The molecule has 0 saturated heterocycles. The fraction of sp³-hybridized carbons (Fsp3) is 0.111. The van der Waals surface area contributed by atoms with E-state index in [0.29, 0.717) is 0 Å². The highest BCUT2D eigenvalue weighted by atomic mass is 35.5. The highest BCUT2D eigenvalue weighted by molar-refractivity contribution is 6.31. The number of hydrogen-bond acceptors (Lipinski definition) is 5. The third kappa shape index (κ3) is 2.04. The van der Waals surface area contributed by atoms with E-state index < -0.39 is 5.97 Å². The Balaban J connectivity index is 2.57. The van der Waals surface area contributed by atoms with Gasteiger partial charge in [0.25, 0.3) is 0 Å². The average Bonchev–Trinajstić information content (AvgIpc) is 2.67. The lowest BCUT2D eigenvalue weighted by molar-refractivity contribution is 0.0691. The van der Waals surface area contributed by atoms with Crippen LogP contribution in [0.3, 0.4) is 0 Å². The zero-order valence-corrected chi connectivity index (χ0v) is 9.51. The van der Waals surface area contributed by atoms with E-state index >= 15 is 0 Å². The van der Waals surface area contributed by atoms with Gasteiger partial charge in [-0.25, -0.2) is 19.4 Å². The first-order valence-corrected chi connectivity index (χ1v) is 4.96. The Morgan fingerprint density at radius 1 is 1.53 bits per heavy atom. The van der Waals surface area contributed by atoms with Crippen LogP contribution in [0.4, 0.5) is 5.82 Å². The fourth-order valence-corrected chi connectivity index (χ4v) is 1.47. The number of aromatic nitrogens is 4. The van der Waals surface area contributed by atoms with Gasteiger partial charge in [-0.2, -0.15) is 5.10 Å². The Morgan fingerprint density at radius 3 is 2.76 bits per heavy atom. The van der Waals surface area contributed by atoms with Gasteiger partial charge in [0.15, 0.2) is 22.5 Å². The van der Waals surface area contributed by atoms with Crippen molar-refractivity contribution < 1.29 is 9.90 Å². The summed E-state index contributed by atoms with van der Waals surface area (Å²) < 4.78 is 1.38. The Kier molecular flexibility index (Phi) is 2.68. The molecule has 0 aliphatic heterocycles. The normalized spacial score (nSPS) is 10.5. The number of anilines is 1. The molecule has 0 aliphatic rings. The molecule has 0 aliphatic carbocycles. The van der Waals surface area contributed by atoms with Crippen LogP contribution in [0, 0.1) is 6.92 Å². The van der Waals surface area contributed by atoms with Crippen LogP contribution in [0.1, 0.15) is 16.2 Å². The predicted octanol–water partition coefficient (Wildman–Crippen LogP) is 0.905. The van der Waals surface area contributed by atoms with Crippen LogP contribution in [-0.2, 0) is 0 Å². The number of hydrogen-bond donors (Lipinski definition) is 2. The summed E-state index contributed by atoms with van der Waals surface area (Å²) in [7, 11) is 0. The standard InChI is InChI=1S/C9H8ClN5O2/c1-4-2-3-15(14-4)8-6(10)12-5(9(16)17)7(11)13-8/h2-3H,1H3,(H2,11,13)(H,16,17). The van der Waals surface area contributed by atoms with Gasteiger partial charge >= 0.3 is 5.97 Å². The maximum Gasteiger partial charge on any atom is 0.358 e. The molecule has 0 saturated carbocycles. The largest absolute Gasteiger partial charge is 0.476 e. The second kappa shape index (κ2) is 4.02. The van der Waals surface area contributed by atoms with E-state index in [9.17, 15) is 4.79 Å². The number of nitrogen functional groups attached to an aromatic ring is 1. The molecule has 0 spiro atoms. The van der Waals surface area contributed by atoms with Crippen molar-refractivity contribution in [3.05, 3.63) is 28.8 Å². The summed E-state index contributed by atoms with van der Waals surface area (Å²) in [5.41, 5.74) is 5.88.